The van der Waals surface area contributed by atoms with Gasteiger partial charge >= 0.3 is 0 Å². The highest BCUT2D eigenvalue weighted by Gasteiger charge is 2.64. The van der Waals surface area contributed by atoms with Crippen molar-refractivity contribution in [1.82, 2.24) is 5.01 Å². The SMILES string of the molecule is CC(C)(C)C(=O)C1C2C(=O)N(c3ccc([N+](=O)[O-])cc3)C(=O)C2C2C=CC=NN21. The maximum Gasteiger partial charge on any atom is 0.269 e. The average molecular weight is 396 g/mol. The van der Waals surface area contributed by atoms with Crippen LogP contribution in [0.4, 0.5) is 11.4 Å². The number of anilines is 1. The molecule has 2 saturated heterocycles. The first kappa shape index (κ1) is 19.0. The fourth-order valence-corrected chi connectivity index (χ4v) is 4.26. The van der Waals surface area contributed by atoms with E-state index in [9.17, 15) is 24.5 Å². The number of hydrazone groups is 1. The number of rotatable bonds is 3. The van der Waals surface area contributed by atoms with Gasteiger partial charge in [0.1, 0.15) is 6.04 Å². The second-order valence-electron chi connectivity index (χ2n) is 8.42. The summed E-state index contributed by atoms with van der Waals surface area (Å²) in [5, 5.41) is 16.8. The highest BCUT2D eigenvalue weighted by atomic mass is 16.6. The second kappa shape index (κ2) is 6.33. The van der Waals surface area contributed by atoms with Crippen LogP contribution in [0.2, 0.25) is 0 Å². The van der Waals surface area contributed by atoms with Gasteiger partial charge in [0, 0.05) is 23.8 Å². The van der Waals surface area contributed by atoms with E-state index in [0.717, 1.165) is 4.90 Å². The lowest BCUT2D eigenvalue weighted by Crippen LogP contribution is -2.49. The van der Waals surface area contributed by atoms with Gasteiger partial charge in [-0.15, -0.1) is 0 Å². The Hall–Kier alpha value is -3.36. The minimum atomic E-state index is -0.852. The molecule has 150 valence electrons. The zero-order valence-corrected chi connectivity index (χ0v) is 16.2. The zero-order valence-electron chi connectivity index (χ0n) is 16.2. The number of allylic oxidation sites excluding steroid dienone is 1. The molecule has 0 bridgehead atoms. The Kier molecular flexibility index (Phi) is 4.14. The van der Waals surface area contributed by atoms with Gasteiger partial charge in [-0.25, -0.2) is 4.90 Å². The van der Waals surface area contributed by atoms with Crippen LogP contribution in [-0.4, -0.2) is 45.8 Å². The number of benzene rings is 1. The summed E-state index contributed by atoms with van der Waals surface area (Å²) in [6.07, 6.45) is 5.03. The topological polar surface area (TPSA) is 113 Å². The fraction of sp³-hybridized carbons (Fsp3) is 0.400. The number of ketones is 1. The molecule has 3 aliphatic rings. The standard InChI is InChI=1S/C20H20N4O5/c1-20(2,3)17(25)16-15-14(13-5-4-10-21-23(13)16)18(26)22(19(15)27)11-6-8-12(9-7-11)24(28)29/h4-10,13-16H,1-3H3. The predicted molar refractivity (Wildman–Crippen MR) is 104 cm³/mol. The summed E-state index contributed by atoms with van der Waals surface area (Å²) in [5.74, 6) is -2.64. The maximum atomic E-state index is 13.3. The summed E-state index contributed by atoms with van der Waals surface area (Å²) >= 11 is 0. The van der Waals surface area contributed by atoms with E-state index < -0.39 is 46.1 Å². The molecule has 0 saturated carbocycles. The minimum Gasteiger partial charge on any atom is -0.297 e. The van der Waals surface area contributed by atoms with Gasteiger partial charge in [0.05, 0.1) is 28.5 Å². The van der Waals surface area contributed by atoms with Crippen molar-refractivity contribution in [1.29, 1.82) is 0 Å². The third kappa shape index (κ3) is 2.76. The van der Waals surface area contributed by atoms with Crippen LogP contribution in [0, 0.1) is 27.4 Å². The van der Waals surface area contributed by atoms with Gasteiger partial charge in [0.2, 0.25) is 11.8 Å². The first-order valence-electron chi connectivity index (χ1n) is 9.28. The Labute approximate surface area is 166 Å². The molecule has 0 radical (unpaired) electrons. The van der Waals surface area contributed by atoms with Crippen molar-refractivity contribution >= 4 is 35.2 Å². The Bertz CT molecular complexity index is 976. The van der Waals surface area contributed by atoms with Crippen molar-refractivity contribution in [3.05, 3.63) is 46.5 Å². The summed E-state index contributed by atoms with van der Waals surface area (Å²) in [6, 6.07) is 3.92. The first-order chi connectivity index (χ1) is 13.6. The molecule has 2 fully saturated rings. The summed E-state index contributed by atoms with van der Waals surface area (Å²) in [4.78, 5) is 51.1. The predicted octanol–water partition coefficient (Wildman–Crippen LogP) is 1.92. The Balaban J connectivity index is 1.75. The first-order valence-corrected chi connectivity index (χ1v) is 9.28. The number of imide groups is 1. The number of carbonyl (C=O) groups excluding carboxylic acids is 3. The van der Waals surface area contributed by atoms with Crippen LogP contribution >= 0.6 is 0 Å². The van der Waals surface area contributed by atoms with Crippen LogP contribution in [0.3, 0.4) is 0 Å². The van der Waals surface area contributed by atoms with Crippen LogP contribution in [0.25, 0.3) is 0 Å². The molecule has 3 heterocycles. The molecule has 0 aromatic heterocycles. The number of nitrogens with zero attached hydrogens (tertiary/aromatic N) is 4. The molecule has 1 aromatic carbocycles. The number of amides is 2. The van der Waals surface area contributed by atoms with Gasteiger partial charge < -0.3 is 0 Å². The van der Waals surface area contributed by atoms with E-state index in [1.165, 1.54) is 24.3 Å². The molecule has 4 rings (SSSR count). The second-order valence-corrected chi connectivity index (χ2v) is 8.42. The Morgan fingerprint density at radius 2 is 1.72 bits per heavy atom. The van der Waals surface area contributed by atoms with Gasteiger partial charge in [-0.2, -0.15) is 5.10 Å². The van der Waals surface area contributed by atoms with E-state index >= 15 is 0 Å². The number of carbonyl (C=O) groups is 3. The lowest BCUT2D eigenvalue weighted by molar-refractivity contribution is -0.384. The number of fused-ring (bicyclic) bond motifs is 3. The van der Waals surface area contributed by atoms with E-state index in [-0.39, 0.29) is 17.2 Å². The zero-order chi connectivity index (χ0) is 21.1. The molecular formula is C20H20N4O5. The van der Waals surface area contributed by atoms with Crippen LogP contribution in [0.15, 0.2) is 41.5 Å². The van der Waals surface area contributed by atoms with Crippen molar-refractivity contribution in [2.75, 3.05) is 4.90 Å². The Morgan fingerprint density at radius 1 is 1.10 bits per heavy atom. The monoisotopic (exact) mass is 396 g/mol. The Morgan fingerprint density at radius 3 is 2.31 bits per heavy atom. The molecule has 4 unspecified atom stereocenters. The number of non-ortho nitro benzene ring substituents is 1. The molecule has 0 spiro atoms. The van der Waals surface area contributed by atoms with Crippen LogP contribution < -0.4 is 4.90 Å². The van der Waals surface area contributed by atoms with Crippen molar-refractivity contribution in [2.24, 2.45) is 22.4 Å². The maximum absolute atomic E-state index is 13.3. The summed E-state index contributed by atoms with van der Waals surface area (Å²) in [7, 11) is 0. The largest absolute Gasteiger partial charge is 0.297 e. The number of nitro benzene ring substituents is 1. The van der Waals surface area contributed by atoms with Crippen molar-refractivity contribution < 1.29 is 19.3 Å². The number of hydrogen-bond donors (Lipinski definition) is 0. The minimum absolute atomic E-state index is 0.135. The van der Waals surface area contributed by atoms with Gasteiger partial charge in [-0.3, -0.25) is 29.5 Å². The van der Waals surface area contributed by atoms with E-state index in [0.29, 0.717) is 0 Å². The molecule has 2 amide bonds. The third-order valence-corrected chi connectivity index (χ3v) is 5.62. The fourth-order valence-electron chi connectivity index (χ4n) is 4.26. The molecular weight excluding hydrogens is 376 g/mol. The van der Waals surface area contributed by atoms with Gasteiger partial charge in [-0.1, -0.05) is 26.8 Å². The van der Waals surface area contributed by atoms with E-state index in [4.69, 9.17) is 0 Å². The van der Waals surface area contributed by atoms with Crippen LogP contribution in [0.5, 0.6) is 0 Å². The normalized spacial score (nSPS) is 28.0. The van der Waals surface area contributed by atoms with Crippen molar-refractivity contribution in [3.63, 3.8) is 0 Å². The van der Waals surface area contributed by atoms with Gasteiger partial charge in [0.25, 0.3) is 5.69 Å². The van der Waals surface area contributed by atoms with Gasteiger partial charge in [0.15, 0.2) is 5.78 Å². The number of nitro groups is 1. The molecule has 3 aliphatic heterocycles. The molecule has 0 aliphatic carbocycles. The van der Waals surface area contributed by atoms with E-state index in [1.807, 2.05) is 0 Å². The van der Waals surface area contributed by atoms with E-state index in [1.54, 1.807) is 44.1 Å². The smallest absolute Gasteiger partial charge is 0.269 e. The van der Waals surface area contributed by atoms with Gasteiger partial charge in [-0.05, 0) is 18.2 Å². The molecule has 9 heteroatoms. The highest BCUT2D eigenvalue weighted by Crippen LogP contribution is 2.47. The summed E-state index contributed by atoms with van der Waals surface area (Å²) in [6.45, 7) is 5.32. The lowest BCUT2D eigenvalue weighted by Gasteiger charge is -2.33. The quantitative estimate of drug-likeness (QED) is 0.438. The molecule has 9 nitrogen and oxygen atoms in total. The number of Topliss-reactive ketones (excluding diaryl/α,β-unsaturated/α-hetero) is 1. The van der Waals surface area contributed by atoms with E-state index in [2.05, 4.69) is 5.10 Å². The molecule has 0 N–H and O–H groups in total. The lowest BCUT2D eigenvalue weighted by atomic mass is 9.80. The number of hydrogen-bond acceptors (Lipinski definition) is 7. The van der Waals surface area contributed by atoms with Crippen LogP contribution in [-0.2, 0) is 14.4 Å². The third-order valence-electron chi connectivity index (χ3n) is 5.62. The molecule has 29 heavy (non-hydrogen) atoms. The average Bonchev–Trinajstić information content (AvgIpc) is 3.14. The van der Waals surface area contributed by atoms with Crippen molar-refractivity contribution in [3.8, 4) is 0 Å². The van der Waals surface area contributed by atoms with Crippen LogP contribution in [0.1, 0.15) is 20.8 Å². The molecule has 1 aromatic rings. The summed E-state index contributed by atoms with van der Waals surface area (Å²) in [5.41, 5.74) is -0.591. The van der Waals surface area contributed by atoms with Crippen molar-refractivity contribution in [2.45, 2.75) is 32.9 Å². The summed E-state index contributed by atoms with van der Waals surface area (Å²) < 4.78 is 0. The molecule has 4 atom stereocenters. The highest BCUT2D eigenvalue weighted by molar-refractivity contribution is 6.24.